The van der Waals surface area contributed by atoms with Gasteiger partial charge < -0.3 is 0 Å². The Morgan fingerprint density at radius 2 is 2.12 bits per heavy atom. The summed E-state index contributed by atoms with van der Waals surface area (Å²) < 4.78 is 0. The molecule has 1 heterocycles. The molecule has 0 nitrogen and oxygen atoms in total. The highest BCUT2D eigenvalue weighted by molar-refractivity contribution is 8.03. The minimum atomic E-state index is 0.435. The Kier molecular flexibility index (Phi) is 1.40. The summed E-state index contributed by atoms with van der Waals surface area (Å²) in [6, 6.07) is 0. The Hall–Kier alpha value is 0.0900. The molecular formula is C7H12S. The van der Waals surface area contributed by atoms with E-state index in [1.165, 1.54) is 0 Å². The van der Waals surface area contributed by atoms with Crippen LogP contribution in [0.4, 0.5) is 0 Å². The molecule has 1 aliphatic rings. The van der Waals surface area contributed by atoms with Crippen molar-refractivity contribution in [1.29, 1.82) is 0 Å². The van der Waals surface area contributed by atoms with Crippen LogP contribution in [0.2, 0.25) is 0 Å². The summed E-state index contributed by atoms with van der Waals surface area (Å²) in [7, 11) is 0. The highest BCUT2D eigenvalue weighted by Gasteiger charge is 2.26. The van der Waals surface area contributed by atoms with Crippen LogP contribution in [0.15, 0.2) is 11.5 Å². The summed E-state index contributed by atoms with van der Waals surface area (Å²) in [5, 5.41) is 2.97. The van der Waals surface area contributed by atoms with Crippen molar-refractivity contribution in [2.24, 2.45) is 5.41 Å². The van der Waals surface area contributed by atoms with Crippen molar-refractivity contribution in [3.8, 4) is 0 Å². The number of hydrogen-bond acceptors (Lipinski definition) is 1. The van der Waals surface area contributed by atoms with Crippen LogP contribution in [0.1, 0.15) is 20.8 Å². The predicted molar refractivity (Wildman–Crippen MR) is 40.0 cm³/mol. The van der Waals surface area contributed by atoms with Crippen molar-refractivity contribution in [2.45, 2.75) is 26.0 Å². The lowest BCUT2D eigenvalue weighted by molar-refractivity contribution is 0.485. The molecule has 0 bridgehead atoms. The van der Waals surface area contributed by atoms with E-state index in [4.69, 9.17) is 0 Å². The third-order valence-electron chi connectivity index (χ3n) is 1.83. The summed E-state index contributed by atoms with van der Waals surface area (Å²) in [6.07, 6.45) is 2.28. The van der Waals surface area contributed by atoms with E-state index in [-0.39, 0.29) is 0 Å². The molecule has 0 aromatic rings. The van der Waals surface area contributed by atoms with E-state index in [0.717, 1.165) is 5.25 Å². The molecule has 8 heavy (non-hydrogen) atoms. The average Bonchev–Trinajstić information content (AvgIpc) is 1.86. The fourth-order valence-corrected chi connectivity index (χ4v) is 1.74. The van der Waals surface area contributed by atoms with Gasteiger partial charge in [-0.1, -0.05) is 26.8 Å². The molecular weight excluding hydrogens is 116 g/mol. The molecule has 0 spiro atoms. The molecule has 0 amide bonds. The molecule has 1 unspecified atom stereocenters. The maximum atomic E-state index is 2.28. The third kappa shape index (κ3) is 0.921. The van der Waals surface area contributed by atoms with Crippen LogP contribution in [0, 0.1) is 5.41 Å². The van der Waals surface area contributed by atoms with Crippen LogP contribution in [0.3, 0.4) is 0 Å². The fraction of sp³-hybridized carbons (Fsp3) is 0.714. The Morgan fingerprint density at radius 1 is 1.50 bits per heavy atom. The molecule has 0 saturated heterocycles. The van der Waals surface area contributed by atoms with Crippen molar-refractivity contribution < 1.29 is 0 Å². The van der Waals surface area contributed by atoms with Crippen LogP contribution in [-0.4, -0.2) is 5.25 Å². The van der Waals surface area contributed by atoms with Crippen molar-refractivity contribution in [1.82, 2.24) is 0 Å². The lowest BCUT2D eigenvalue weighted by Gasteiger charge is -2.20. The molecule has 0 radical (unpaired) electrons. The van der Waals surface area contributed by atoms with Gasteiger partial charge in [0.2, 0.25) is 0 Å². The molecule has 0 aromatic carbocycles. The molecule has 1 atom stereocenters. The predicted octanol–water partition coefficient (Wildman–Crippen LogP) is 2.66. The maximum Gasteiger partial charge on any atom is 0.0146 e. The molecule has 1 heteroatoms. The molecule has 46 valence electrons. The van der Waals surface area contributed by atoms with E-state index >= 15 is 0 Å². The minimum Gasteiger partial charge on any atom is -0.130 e. The summed E-state index contributed by atoms with van der Waals surface area (Å²) in [5.41, 5.74) is 0.435. The van der Waals surface area contributed by atoms with Crippen molar-refractivity contribution in [3.63, 3.8) is 0 Å². The summed E-state index contributed by atoms with van der Waals surface area (Å²) in [6.45, 7) is 6.81. The summed E-state index contributed by atoms with van der Waals surface area (Å²) >= 11 is 1.92. The lowest BCUT2D eigenvalue weighted by atomic mass is 9.91. The van der Waals surface area contributed by atoms with Gasteiger partial charge in [-0.3, -0.25) is 0 Å². The molecule has 0 fully saturated rings. The van der Waals surface area contributed by atoms with Crippen LogP contribution in [-0.2, 0) is 0 Å². The second kappa shape index (κ2) is 1.80. The van der Waals surface area contributed by atoms with Gasteiger partial charge in [-0.25, -0.2) is 0 Å². The van der Waals surface area contributed by atoms with Gasteiger partial charge in [-0.15, -0.1) is 11.8 Å². The fourth-order valence-electron chi connectivity index (χ4n) is 0.643. The van der Waals surface area contributed by atoms with Gasteiger partial charge in [0.25, 0.3) is 0 Å². The van der Waals surface area contributed by atoms with Gasteiger partial charge in [0, 0.05) is 5.25 Å². The average molecular weight is 128 g/mol. The van der Waals surface area contributed by atoms with Gasteiger partial charge in [0.15, 0.2) is 0 Å². The van der Waals surface area contributed by atoms with E-state index in [2.05, 4.69) is 32.3 Å². The van der Waals surface area contributed by atoms with Crippen LogP contribution >= 0.6 is 11.8 Å². The monoisotopic (exact) mass is 128 g/mol. The Labute approximate surface area is 55.4 Å². The first kappa shape index (κ1) is 6.21. The number of allylic oxidation sites excluding steroid dienone is 1. The van der Waals surface area contributed by atoms with Crippen LogP contribution in [0.25, 0.3) is 0 Å². The standard InChI is InChI=1S/C7H12S/c1-6-7(2,3)4-5-8-6/h4-6H,1-3H3. The Balaban J connectivity index is 2.67. The van der Waals surface area contributed by atoms with Crippen molar-refractivity contribution in [2.75, 3.05) is 0 Å². The molecule has 0 aliphatic carbocycles. The molecule has 0 N–H and O–H groups in total. The lowest BCUT2D eigenvalue weighted by Crippen LogP contribution is -2.16. The quantitative estimate of drug-likeness (QED) is 0.483. The zero-order valence-corrected chi connectivity index (χ0v) is 6.46. The first-order chi connectivity index (χ1) is 3.63. The Morgan fingerprint density at radius 3 is 2.25 bits per heavy atom. The van der Waals surface area contributed by atoms with Gasteiger partial charge in [0.05, 0.1) is 0 Å². The molecule has 1 rings (SSSR count). The Bertz CT molecular complexity index is 114. The smallest absolute Gasteiger partial charge is 0.0146 e. The maximum absolute atomic E-state index is 2.28. The van der Waals surface area contributed by atoms with E-state index in [9.17, 15) is 0 Å². The highest BCUT2D eigenvalue weighted by Crippen LogP contribution is 2.38. The second-order valence-corrected chi connectivity index (χ2v) is 4.15. The normalized spacial score (nSPS) is 33.6. The van der Waals surface area contributed by atoms with Gasteiger partial charge in [0.1, 0.15) is 0 Å². The van der Waals surface area contributed by atoms with E-state index < -0.39 is 0 Å². The van der Waals surface area contributed by atoms with Crippen molar-refractivity contribution in [3.05, 3.63) is 11.5 Å². The number of thioether (sulfide) groups is 1. The second-order valence-electron chi connectivity index (χ2n) is 2.90. The van der Waals surface area contributed by atoms with E-state index in [1.54, 1.807) is 0 Å². The zero-order chi connectivity index (χ0) is 6.20. The summed E-state index contributed by atoms with van der Waals surface area (Å²) in [5.74, 6) is 0. The zero-order valence-electron chi connectivity index (χ0n) is 5.64. The third-order valence-corrected chi connectivity index (χ3v) is 3.14. The van der Waals surface area contributed by atoms with E-state index in [0.29, 0.717) is 5.41 Å². The van der Waals surface area contributed by atoms with Crippen molar-refractivity contribution >= 4 is 11.8 Å². The van der Waals surface area contributed by atoms with Gasteiger partial charge in [-0.2, -0.15) is 0 Å². The first-order valence-electron chi connectivity index (χ1n) is 2.96. The first-order valence-corrected chi connectivity index (χ1v) is 3.90. The number of hydrogen-bond donors (Lipinski definition) is 0. The molecule has 1 aliphatic heterocycles. The summed E-state index contributed by atoms with van der Waals surface area (Å²) in [4.78, 5) is 0. The minimum absolute atomic E-state index is 0.435. The topological polar surface area (TPSA) is 0 Å². The van der Waals surface area contributed by atoms with E-state index in [1.807, 2.05) is 11.8 Å². The molecule has 0 saturated carbocycles. The van der Waals surface area contributed by atoms with Gasteiger partial charge in [-0.05, 0) is 10.8 Å². The van der Waals surface area contributed by atoms with Gasteiger partial charge >= 0.3 is 0 Å². The number of rotatable bonds is 0. The SMILES string of the molecule is CC1SC=CC1(C)C. The largest absolute Gasteiger partial charge is 0.130 e. The van der Waals surface area contributed by atoms with Crippen LogP contribution < -0.4 is 0 Å². The molecule has 0 aromatic heterocycles. The van der Waals surface area contributed by atoms with Crippen LogP contribution in [0.5, 0.6) is 0 Å². The highest BCUT2D eigenvalue weighted by atomic mass is 32.2.